The first-order valence-electron chi connectivity index (χ1n) is 7.09. The number of nitrogens with zero attached hydrogens (tertiary/aromatic N) is 1. The third-order valence-electron chi connectivity index (χ3n) is 3.24. The highest BCUT2D eigenvalue weighted by molar-refractivity contribution is 5.88. The summed E-state index contributed by atoms with van der Waals surface area (Å²) in [6.07, 6.45) is 3.71. The molecule has 0 bridgehead atoms. The Bertz CT molecular complexity index is 594. The van der Waals surface area contributed by atoms with Gasteiger partial charge in [0.15, 0.2) is 0 Å². The van der Waals surface area contributed by atoms with Gasteiger partial charge < -0.3 is 10.1 Å². The molecule has 4 nitrogen and oxygen atoms in total. The molecule has 21 heavy (non-hydrogen) atoms. The molecular weight excluding hydrogens is 264 g/mol. The zero-order chi connectivity index (χ0) is 15.1. The molecule has 0 aliphatic heterocycles. The number of ether oxygens (including phenoxy) is 1. The predicted molar refractivity (Wildman–Crippen MR) is 83.3 cm³/mol. The molecule has 0 aliphatic rings. The van der Waals surface area contributed by atoms with Gasteiger partial charge in [-0.3, -0.25) is 4.98 Å². The van der Waals surface area contributed by atoms with Crippen molar-refractivity contribution >= 4 is 11.7 Å². The molecule has 0 saturated heterocycles. The van der Waals surface area contributed by atoms with E-state index in [1.165, 1.54) is 12.7 Å². The maximum Gasteiger partial charge on any atom is 0.339 e. The number of methoxy groups -OCH3 is 1. The van der Waals surface area contributed by atoms with E-state index in [1.807, 2.05) is 12.1 Å². The molecule has 0 fully saturated rings. The smallest absolute Gasteiger partial charge is 0.339 e. The van der Waals surface area contributed by atoms with Crippen LogP contribution in [0.15, 0.2) is 42.6 Å². The summed E-state index contributed by atoms with van der Waals surface area (Å²) in [5.74, 6) is -0.365. The summed E-state index contributed by atoms with van der Waals surface area (Å²) < 4.78 is 4.65. The summed E-state index contributed by atoms with van der Waals surface area (Å²) in [4.78, 5) is 15.6. The molecule has 2 rings (SSSR count). The number of carbonyl (C=O) groups excluding carboxylic acids is 1. The number of pyridine rings is 1. The van der Waals surface area contributed by atoms with E-state index in [9.17, 15) is 4.79 Å². The number of hydrogen-bond acceptors (Lipinski definition) is 4. The molecule has 4 heteroatoms. The minimum Gasteiger partial charge on any atom is -0.465 e. The van der Waals surface area contributed by atoms with Gasteiger partial charge in [0.2, 0.25) is 0 Å². The second-order valence-corrected chi connectivity index (χ2v) is 4.79. The largest absolute Gasteiger partial charge is 0.465 e. The number of esters is 1. The lowest BCUT2D eigenvalue weighted by molar-refractivity contribution is 0.0600. The van der Waals surface area contributed by atoms with E-state index in [-0.39, 0.29) is 5.97 Å². The maximum atomic E-state index is 11.3. The van der Waals surface area contributed by atoms with Crippen molar-refractivity contribution in [2.24, 2.45) is 0 Å². The van der Waals surface area contributed by atoms with Crippen LogP contribution in [0.5, 0.6) is 0 Å². The minimum absolute atomic E-state index is 0.365. The molecule has 1 heterocycles. The van der Waals surface area contributed by atoms with Crippen LogP contribution in [0, 0.1) is 0 Å². The zero-order valence-electron chi connectivity index (χ0n) is 12.4. The van der Waals surface area contributed by atoms with Gasteiger partial charge in [-0.25, -0.2) is 4.79 Å². The lowest BCUT2D eigenvalue weighted by Gasteiger charge is -2.11. The maximum absolute atomic E-state index is 11.3. The van der Waals surface area contributed by atoms with Crippen LogP contribution in [0.1, 0.15) is 35.0 Å². The first-order valence-corrected chi connectivity index (χ1v) is 7.09. The number of benzene rings is 1. The van der Waals surface area contributed by atoms with Crippen LogP contribution >= 0.6 is 0 Å². The van der Waals surface area contributed by atoms with Gasteiger partial charge in [0.05, 0.1) is 24.9 Å². The minimum atomic E-state index is -0.365. The van der Waals surface area contributed by atoms with E-state index in [1.54, 1.807) is 12.3 Å². The van der Waals surface area contributed by atoms with Gasteiger partial charge in [-0.2, -0.15) is 0 Å². The van der Waals surface area contributed by atoms with Crippen LogP contribution < -0.4 is 5.32 Å². The molecule has 0 radical (unpaired) electrons. The SMILES string of the molecule is CCCc1ccccc1NCc1ccc(C(=O)OC)cn1. The van der Waals surface area contributed by atoms with E-state index < -0.39 is 0 Å². The number of rotatable bonds is 6. The Hall–Kier alpha value is -2.36. The van der Waals surface area contributed by atoms with E-state index in [0.717, 1.165) is 24.2 Å². The van der Waals surface area contributed by atoms with Crippen LogP contribution in [-0.4, -0.2) is 18.1 Å². The average molecular weight is 284 g/mol. The van der Waals surface area contributed by atoms with Crippen LogP contribution in [0.2, 0.25) is 0 Å². The molecule has 0 unspecified atom stereocenters. The molecule has 0 amide bonds. The van der Waals surface area contributed by atoms with Crippen LogP contribution in [0.3, 0.4) is 0 Å². The molecule has 110 valence electrons. The number of para-hydroxylation sites is 1. The molecule has 2 aromatic rings. The van der Waals surface area contributed by atoms with Gasteiger partial charge in [-0.05, 0) is 30.2 Å². The number of hydrogen-bond donors (Lipinski definition) is 1. The molecule has 1 aromatic heterocycles. The van der Waals surface area contributed by atoms with Gasteiger partial charge in [0.1, 0.15) is 0 Å². The number of carbonyl (C=O) groups is 1. The number of aromatic nitrogens is 1. The quantitative estimate of drug-likeness (QED) is 0.826. The van der Waals surface area contributed by atoms with Crippen molar-refractivity contribution in [3.05, 3.63) is 59.4 Å². The first kappa shape index (κ1) is 15.0. The lowest BCUT2D eigenvalue weighted by atomic mass is 10.1. The van der Waals surface area contributed by atoms with E-state index >= 15 is 0 Å². The number of aryl methyl sites for hydroxylation is 1. The summed E-state index contributed by atoms with van der Waals surface area (Å²) in [6.45, 7) is 2.80. The lowest BCUT2D eigenvalue weighted by Crippen LogP contribution is -2.06. The summed E-state index contributed by atoms with van der Waals surface area (Å²) >= 11 is 0. The Morgan fingerprint density at radius 1 is 1.24 bits per heavy atom. The topological polar surface area (TPSA) is 51.2 Å². The molecule has 0 saturated carbocycles. The van der Waals surface area contributed by atoms with Crippen LogP contribution in [0.4, 0.5) is 5.69 Å². The third kappa shape index (κ3) is 4.05. The van der Waals surface area contributed by atoms with Gasteiger partial charge in [0.25, 0.3) is 0 Å². The van der Waals surface area contributed by atoms with Crippen LogP contribution in [0.25, 0.3) is 0 Å². The van der Waals surface area contributed by atoms with Gasteiger partial charge in [0, 0.05) is 11.9 Å². The highest BCUT2D eigenvalue weighted by Gasteiger charge is 2.06. The molecule has 1 N–H and O–H groups in total. The summed E-state index contributed by atoms with van der Waals surface area (Å²) in [6, 6.07) is 11.9. The van der Waals surface area contributed by atoms with Crippen molar-refractivity contribution < 1.29 is 9.53 Å². The van der Waals surface area contributed by atoms with Gasteiger partial charge in [-0.15, -0.1) is 0 Å². The third-order valence-corrected chi connectivity index (χ3v) is 3.24. The second-order valence-electron chi connectivity index (χ2n) is 4.79. The zero-order valence-corrected chi connectivity index (χ0v) is 12.4. The Balaban J connectivity index is 2.01. The fourth-order valence-electron chi connectivity index (χ4n) is 2.13. The normalized spacial score (nSPS) is 10.2. The molecular formula is C17H20N2O2. The van der Waals surface area contributed by atoms with Crippen LogP contribution in [-0.2, 0) is 17.7 Å². The summed E-state index contributed by atoms with van der Waals surface area (Å²) in [5.41, 5.74) is 3.80. The molecule has 0 spiro atoms. The standard InChI is InChI=1S/C17H20N2O2/c1-3-6-13-7-4-5-8-16(13)19-12-15-10-9-14(11-18-15)17(20)21-2/h4-5,7-11,19H,3,6,12H2,1-2H3. The Labute approximate surface area is 125 Å². The predicted octanol–water partition coefficient (Wildman–Crippen LogP) is 3.43. The van der Waals surface area contributed by atoms with E-state index in [4.69, 9.17) is 0 Å². The van der Waals surface area contributed by atoms with Crippen molar-refractivity contribution in [2.75, 3.05) is 12.4 Å². The second kappa shape index (κ2) is 7.43. The summed E-state index contributed by atoms with van der Waals surface area (Å²) in [7, 11) is 1.36. The Kier molecular flexibility index (Phi) is 5.32. The van der Waals surface area contributed by atoms with E-state index in [0.29, 0.717) is 12.1 Å². The van der Waals surface area contributed by atoms with Crippen molar-refractivity contribution in [3.8, 4) is 0 Å². The number of anilines is 1. The highest BCUT2D eigenvalue weighted by atomic mass is 16.5. The van der Waals surface area contributed by atoms with Crippen molar-refractivity contribution in [2.45, 2.75) is 26.3 Å². The fourth-order valence-corrected chi connectivity index (χ4v) is 2.13. The van der Waals surface area contributed by atoms with Crippen molar-refractivity contribution in [1.29, 1.82) is 0 Å². The highest BCUT2D eigenvalue weighted by Crippen LogP contribution is 2.17. The van der Waals surface area contributed by atoms with Crippen molar-refractivity contribution in [3.63, 3.8) is 0 Å². The number of nitrogens with one attached hydrogen (secondary N) is 1. The van der Waals surface area contributed by atoms with Crippen molar-refractivity contribution in [1.82, 2.24) is 4.98 Å². The van der Waals surface area contributed by atoms with Gasteiger partial charge in [-0.1, -0.05) is 31.5 Å². The molecule has 0 atom stereocenters. The Morgan fingerprint density at radius 3 is 2.71 bits per heavy atom. The monoisotopic (exact) mass is 284 g/mol. The van der Waals surface area contributed by atoms with Gasteiger partial charge >= 0.3 is 5.97 Å². The van der Waals surface area contributed by atoms with E-state index in [2.05, 4.69) is 40.2 Å². The fraction of sp³-hybridized carbons (Fsp3) is 0.294. The molecule has 0 aliphatic carbocycles. The Morgan fingerprint density at radius 2 is 2.05 bits per heavy atom. The molecule has 1 aromatic carbocycles. The summed E-state index contributed by atoms with van der Waals surface area (Å²) in [5, 5.41) is 3.40. The average Bonchev–Trinajstić information content (AvgIpc) is 2.54. The first-order chi connectivity index (χ1) is 10.2.